The van der Waals surface area contributed by atoms with E-state index in [2.05, 4.69) is 15.1 Å². The fourth-order valence-electron chi connectivity index (χ4n) is 3.43. The third-order valence-corrected chi connectivity index (χ3v) is 4.93. The Morgan fingerprint density at radius 3 is 2.50 bits per heavy atom. The second kappa shape index (κ2) is 8.41. The Hall–Kier alpha value is -0.980. The van der Waals surface area contributed by atoms with Gasteiger partial charge in [-0.1, -0.05) is 6.07 Å². The standard InChI is InChI=1S/C17H24F3N3.ClH/c18-17(19,20)15-2-1-3-16(12-15)23-10-8-22(9-11-23)7-5-14-4-6-21-13-14;/h1-3,12,14,21H,4-11,13H2;1H. The molecule has 2 saturated heterocycles. The highest BCUT2D eigenvalue weighted by Crippen LogP contribution is 2.31. The molecule has 0 amide bonds. The van der Waals surface area contributed by atoms with E-state index in [-0.39, 0.29) is 12.4 Å². The van der Waals surface area contributed by atoms with Crippen LogP contribution >= 0.6 is 12.4 Å². The number of anilines is 1. The number of hydrogen-bond donors (Lipinski definition) is 1. The van der Waals surface area contributed by atoms with Gasteiger partial charge in [-0.05, 0) is 56.6 Å². The number of benzene rings is 1. The minimum Gasteiger partial charge on any atom is -0.369 e. The van der Waals surface area contributed by atoms with E-state index in [9.17, 15) is 13.2 Å². The summed E-state index contributed by atoms with van der Waals surface area (Å²) in [5.74, 6) is 0.788. The van der Waals surface area contributed by atoms with Gasteiger partial charge in [-0.15, -0.1) is 12.4 Å². The van der Waals surface area contributed by atoms with Gasteiger partial charge in [0, 0.05) is 31.9 Å². The molecule has 0 saturated carbocycles. The van der Waals surface area contributed by atoms with Crippen LogP contribution in [0.1, 0.15) is 18.4 Å². The van der Waals surface area contributed by atoms with Gasteiger partial charge < -0.3 is 10.2 Å². The molecule has 2 aliphatic rings. The first-order valence-corrected chi connectivity index (χ1v) is 8.37. The minimum absolute atomic E-state index is 0. The zero-order valence-corrected chi connectivity index (χ0v) is 14.5. The SMILES string of the molecule is Cl.FC(F)(F)c1cccc(N2CCN(CCC3CCNC3)CC2)c1. The number of nitrogens with one attached hydrogen (secondary N) is 1. The summed E-state index contributed by atoms with van der Waals surface area (Å²) in [4.78, 5) is 4.49. The van der Waals surface area contributed by atoms with Crippen molar-refractivity contribution in [1.82, 2.24) is 10.2 Å². The van der Waals surface area contributed by atoms with E-state index < -0.39 is 11.7 Å². The van der Waals surface area contributed by atoms with E-state index in [4.69, 9.17) is 0 Å². The predicted octanol–water partition coefficient (Wildman–Crippen LogP) is 3.25. The lowest BCUT2D eigenvalue weighted by atomic mass is 10.0. The summed E-state index contributed by atoms with van der Waals surface area (Å²) in [5.41, 5.74) is 0.116. The van der Waals surface area contributed by atoms with Crippen LogP contribution in [0.4, 0.5) is 18.9 Å². The third kappa shape index (κ3) is 5.01. The van der Waals surface area contributed by atoms with Crippen LogP contribution in [0.25, 0.3) is 0 Å². The first kappa shape index (κ1) is 19.3. The van der Waals surface area contributed by atoms with Crippen molar-refractivity contribution in [2.75, 3.05) is 50.7 Å². The number of rotatable bonds is 4. The van der Waals surface area contributed by atoms with Crippen LogP contribution in [-0.4, -0.2) is 50.7 Å². The Morgan fingerprint density at radius 2 is 1.88 bits per heavy atom. The summed E-state index contributed by atoms with van der Waals surface area (Å²) in [6.45, 7) is 6.81. The largest absolute Gasteiger partial charge is 0.416 e. The Balaban J connectivity index is 0.00000208. The number of alkyl halides is 3. The van der Waals surface area contributed by atoms with Gasteiger partial charge in [0.05, 0.1) is 5.56 Å². The molecule has 2 fully saturated rings. The quantitative estimate of drug-likeness (QED) is 0.886. The maximum atomic E-state index is 12.8. The zero-order chi connectivity index (χ0) is 16.3. The van der Waals surface area contributed by atoms with Crippen LogP contribution in [0.5, 0.6) is 0 Å². The van der Waals surface area contributed by atoms with Crippen molar-refractivity contribution in [2.45, 2.75) is 19.0 Å². The second-order valence-electron chi connectivity index (χ2n) is 6.52. The minimum atomic E-state index is -4.27. The summed E-state index contributed by atoms with van der Waals surface area (Å²) in [7, 11) is 0. The van der Waals surface area contributed by atoms with Crippen LogP contribution in [0, 0.1) is 5.92 Å². The van der Waals surface area contributed by atoms with Gasteiger partial charge in [0.2, 0.25) is 0 Å². The normalized spacial score (nSPS) is 22.5. The van der Waals surface area contributed by atoms with E-state index in [0.29, 0.717) is 5.69 Å². The predicted molar refractivity (Wildman–Crippen MR) is 92.9 cm³/mol. The Kier molecular flexibility index (Phi) is 6.78. The summed E-state index contributed by atoms with van der Waals surface area (Å²) < 4.78 is 38.4. The highest BCUT2D eigenvalue weighted by molar-refractivity contribution is 5.85. The average molecular weight is 364 g/mol. The monoisotopic (exact) mass is 363 g/mol. The van der Waals surface area contributed by atoms with Crippen LogP contribution in [-0.2, 0) is 6.18 Å². The van der Waals surface area contributed by atoms with E-state index in [1.807, 2.05) is 0 Å². The van der Waals surface area contributed by atoms with E-state index in [1.165, 1.54) is 25.0 Å². The van der Waals surface area contributed by atoms with E-state index >= 15 is 0 Å². The lowest BCUT2D eigenvalue weighted by Crippen LogP contribution is -2.47. The molecule has 0 radical (unpaired) electrons. The van der Waals surface area contributed by atoms with Gasteiger partial charge in [-0.25, -0.2) is 0 Å². The Morgan fingerprint density at radius 1 is 1.12 bits per heavy atom. The Bertz CT molecular complexity index is 510. The van der Waals surface area contributed by atoms with Gasteiger partial charge >= 0.3 is 6.18 Å². The number of halogens is 4. The van der Waals surface area contributed by atoms with Crippen molar-refractivity contribution in [1.29, 1.82) is 0 Å². The fourth-order valence-corrected chi connectivity index (χ4v) is 3.43. The highest BCUT2D eigenvalue weighted by Gasteiger charge is 2.31. The van der Waals surface area contributed by atoms with Crippen molar-refractivity contribution in [3.8, 4) is 0 Å². The summed E-state index contributed by atoms with van der Waals surface area (Å²) in [6, 6.07) is 5.67. The van der Waals surface area contributed by atoms with Gasteiger partial charge in [0.25, 0.3) is 0 Å². The molecular weight excluding hydrogens is 339 g/mol. The topological polar surface area (TPSA) is 18.5 Å². The molecule has 1 N–H and O–H groups in total. The zero-order valence-electron chi connectivity index (χ0n) is 13.7. The molecule has 2 aliphatic heterocycles. The molecule has 0 aliphatic carbocycles. The summed E-state index contributed by atoms with van der Waals surface area (Å²) in [6.07, 6.45) is -1.78. The first-order chi connectivity index (χ1) is 11.0. The molecule has 136 valence electrons. The molecule has 24 heavy (non-hydrogen) atoms. The number of hydrogen-bond acceptors (Lipinski definition) is 3. The maximum absolute atomic E-state index is 12.8. The van der Waals surface area contributed by atoms with Crippen molar-refractivity contribution in [3.63, 3.8) is 0 Å². The molecule has 1 aromatic rings. The molecular formula is C17H25ClF3N3. The van der Waals surface area contributed by atoms with Crippen molar-refractivity contribution < 1.29 is 13.2 Å². The molecule has 2 heterocycles. The molecule has 0 spiro atoms. The second-order valence-corrected chi connectivity index (χ2v) is 6.52. The number of nitrogens with zero attached hydrogens (tertiary/aromatic N) is 2. The highest BCUT2D eigenvalue weighted by atomic mass is 35.5. The smallest absolute Gasteiger partial charge is 0.369 e. The molecule has 0 bridgehead atoms. The van der Waals surface area contributed by atoms with Gasteiger partial charge in [0.1, 0.15) is 0 Å². The fraction of sp³-hybridized carbons (Fsp3) is 0.647. The summed E-state index contributed by atoms with van der Waals surface area (Å²) >= 11 is 0. The molecule has 7 heteroatoms. The third-order valence-electron chi connectivity index (χ3n) is 4.93. The van der Waals surface area contributed by atoms with Gasteiger partial charge in [-0.3, -0.25) is 4.90 Å². The Labute approximate surface area is 147 Å². The van der Waals surface area contributed by atoms with E-state index in [0.717, 1.165) is 57.8 Å². The maximum Gasteiger partial charge on any atom is 0.416 e. The number of piperazine rings is 1. The van der Waals surface area contributed by atoms with Crippen molar-refractivity contribution in [3.05, 3.63) is 29.8 Å². The molecule has 3 nitrogen and oxygen atoms in total. The molecule has 0 aromatic heterocycles. The van der Waals surface area contributed by atoms with Crippen LogP contribution in [0.3, 0.4) is 0 Å². The van der Waals surface area contributed by atoms with Gasteiger partial charge in [0.15, 0.2) is 0 Å². The van der Waals surface area contributed by atoms with Crippen molar-refractivity contribution >= 4 is 18.1 Å². The molecule has 3 rings (SSSR count). The van der Waals surface area contributed by atoms with Crippen LogP contribution < -0.4 is 10.2 Å². The molecule has 1 unspecified atom stereocenters. The molecule has 1 atom stereocenters. The van der Waals surface area contributed by atoms with E-state index in [1.54, 1.807) is 6.07 Å². The first-order valence-electron chi connectivity index (χ1n) is 8.37. The van der Waals surface area contributed by atoms with Gasteiger partial charge in [-0.2, -0.15) is 13.2 Å². The average Bonchev–Trinajstić information content (AvgIpc) is 3.06. The summed E-state index contributed by atoms with van der Waals surface area (Å²) in [5, 5.41) is 3.39. The van der Waals surface area contributed by atoms with Crippen LogP contribution in [0.15, 0.2) is 24.3 Å². The lowest BCUT2D eigenvalue weighted by molar-refractivity contribution is -0.137. The van der Waals surface area contributed by atoms with Crippen LogP contribution in [0.2, 0.25) is 0 Å². The van der Waals surface area contributed by atoms with Crippen molar-refractivity contribution in [2.24, 2.45) is 5.92 Å². The molecule has 1 aromatic carbocycles. The lowest BCUT2D eigenvalue weighted by Gasteiger charge is -2.36.